The van der Waals surface area contributed by atoms with Crippen LogP contribution in [-0.4, -0.2) is 60.7 Å². The largest absolute Gasteiger partial charge is 0.399 e. The van der Waals surface area contributed by atoms with E-state index in [1.165, 1.54) is 0 Å². The van der Waals surface area contributed by atoms with Crippen molar-refractivity contribution in [1.29, 1.82) is 0 Å². The van der Waals surface area contributed by atoms with E-state index in [0.717, 1.165) is 60.2 Å². The summed E-state index contributed by atoms with van der Waals surface area (Å²) in [5.74, 6) is 0.651. The number of aliphatic imine (C=N–C) groups is 1. The van der Waals surface area contributed by atoms with Gasteiger partial charge >= 0.3 is 0 Å². The molecule has 208 valence electrons. The van der Waals surface area contributed by atoms with Crippen LogP contribution in [0.2, 0.25) is 5.02 Å². The van der Waals surface area contributed by atoms with Crippen LogP contribution in [0.25, 0.3) is 0 Å². The van der Waals surface area contributed by atoms with Gasteiger partial charge in [-0.25, -0.2) is 4.99 Å². The fraction of sp³-hybridized carbons (Fsp3) is 0.323. The number of carbonyl (C=O) groups is 2. The van der Waals surface area contributed by atoms with Crippen LogP contribution in [0, 0.1) is 0 Å². The molecule has 6 rings (SSSR count). The van der Waals surface area contributed by atoms with Gasteiger partial charge in [0.2, 0.25) is 11.8 Å². The van der Waals surface area contributed by atoms with Crippen LogP contribution in [0.15, 0.2) is 71.7 Å². The van der Waals surface area contributed by atoms with Crippen LogP contribution in [0.5, 0.6) is 0 Å². The number of rotatable bonds is 2. The first-order valence-corrected chi connectivity index (χ1v) is 14.1. The average Bonchev–Trinajstić information content (AvgIpc) is 3.11. The summed E-state index contributed by atoms with van der Waals surface area (Å²) in [7, 11) is 2.16. The van der Waals surface area contributed by atoms with Crippen LogP contribution in [0.3, 0.4) is 0 Å². The lowest BCUT2D eigenvalue weighted by molar-refractivity contribution is -0.138. The minimum absolute atomic E-state index is 0.186. The summed E-state index contributed by atoms with van der Waals surface area (Å²) in [5.41, 5.74) is 10.8. The maximum Gasteiger partial charge on any atom is 0.237 e. The molecule has 0 bridgehead atoms. The highest BCUT2D eigenvalue weighted by atomic mass is 35.5. The van der Waals surface area contributed by atoms with Crippen molar-refractivity contribution in [2.45, 2.75) is 31.6 Å². The Morgan fingerprint density at radius 2 is 1.68 bits per heavy atom. The number of hydrogen-bond acceptors (Lipinski definition) is 7. The predicted octanol–water partition coefficient (Wildman–Crippen LogP) is 5.08. The van der Waals surface area contributed by atoms with Gasteiger partial charge in [0.1, 0.15) is 5.84 Å². The van der Waals surface area contributed by atoms with Crippen molar-refractivity contribution in [3.8, 4) is 0 Å². The molecule has 1 unspecified atom stereocenters. The number of likely N-dealkylation sites (N-methyl/N-ethyl adjacent to an activating group) is 1. The Labute approximate surface area is 240 Å². The number of piperazine rings is 1. The van der Waals surface area contributed by atoms with E-state index in [1.807, 2.05) is 43.3 Å². The maximum absolute atomic E-state index is 12.1. The minimum Gasteiger partial charge on any atom is -0.399 e. The zero-order valence-electron chi connectivity index (χ0n) is 22.9. The van der Waals surface area contributed by atoms with Gasteiger partial charge in [-0.15, -0.1) is 0 Å². The quantitative estimate of drug-likeness (QED) is 0.299. The highest BCUT2D eigenvalue weighted by Gasteiger charge is 2.42. The zero-order chi connectivity index (χ0) is 28.3. The van der Waals surface area contributed by atoms with E-state index in [4.69, 9.17) is 22.3 Å². The number of piperidine rings is 1. The second-order valence-corrected chi connectivity index (χ2v) is 10.9. The van der Waals surface area contributed by atoms with Gasteiger partial charge in [0.15, 0.2) is 0 Å². The monoisotopic (exact) mass is 558 g/mol. The third-order valence-electron chi connectivity index (χ3n) is 7.96. The van der Waals surface area contributed by atoms with Gasteiger partial charge < -0.3 is 20.9 Å². The molecule has 9 heteroatoms. The highest BCUT2D eigenvalue weighted by Crippen LogP contribution is 2.37. The van der Waals surface area contributed by atoms with Crippen LogP contribution < -0.4 is 16.4 Å². The first-order chi connectivity index (χ1) is 19.3. The number of fused-ring (bicyclic) bond motifs is 2. The molecule has 2 amide bonds. The average molecular weight is 559 g/mol. The predicted molar refractivity (Wildman–Crippen MR) is 162 cm³/mol. The molecule has 40 heavy (non-hydrogen) atoms. The number of carbonyl (C=O) groups excluding carboxylic acids is 2. The molecule has 3 aliphatic rings. The lowest BCUT2D eigenvalue weighted by Gasteiger charge is -2.34. The second kappa shape index (κ2) is 11.7. The van der Waals surface area contributed by atoms with Gasteiger partial charge in [0.05, 0.1) is 16.8 Å². The lowest BCUT2D eigenvalue weighted by Crippen LogP contribution is -2.51. The number of nitrogens with one attached hydrogen (secondary N) is 2. The number of amides is 2. The van der Waals surface area contributed by atoms with Gasteiger partial charge in [-0.3, -0.25) is 14.9 Å². The molecular formula is C31H35ClN6O2. The fourth-order valence-corrected chi connectivity index (χ4v) is 5.60. The number of para-hydroxylation sites is 1. The first-order valence-electron chi connectivity index (χ1n) is 13.7. The third-order valence-corrected chi connectivity index (χ3v) is 8.19. The van der Waals surface area contributed by atoms with E-state index in [2.05, 4.69) is 45.7 Å². The summed E-state index contributed by atoms with van der Waals surface area (Å²) in [6, 6.07) is 21.5. The number of benzene rings is 3. The number of nitrogens with zero attached hydrogens (tertiary/aromatic N) is 3. The SMILES string of the molecule is CCC1(c2ccc(N)cc2)CCC(=O)NC1=O.CN1CCN(C2=Nc3cc(Cl)ccc3Nc3ccccc32)CC1. The fourth-order valence-electron chi connectivity index (χ4n) is 5.44. The zero-order valence-corrected chi connectivity index (χ0v) is 23.7. The van der Waals surface area contributed by atoms with Crippen molar-refractivity contribution < 1.29 is 9.59 Å². The number of nitrogen functional groups attached to an aromatic ring is 1. The second-order valence-electron chi connectivity index (χ2n) is 10.5. The van der Waals surface area contributed by atoms with E-state index in [1.54, 1.807) is 12.1 Å². The molecular weight excluding hydrogens is 524 g/mol. The van der Waals surface area contributed by atoms with Crippen molar-refractivity contribution in [2.24, 2.45) is 4.99 Å². The van der Waals surface area contributed by atoms with Crippen molar-refractivity contribution in [3.05, 3.63) is 82.9 Å². The van der Waals surface area contributed by atoms with Gasteiger partial charge in [-0.2, -0.15) is 0 Å². The Kier molecular flexibility index (Phi) is 8.09. The van der Waals surface area contributed by atoms with E-state index < -0.39 is 5.41 Å². The summed E-state index contributed by atoms with van der Waals surface area (Å²) in [6.45, 7) is 6.04. The lowest BCUT2D eigenvalue weighted by atomic mass is 9.72. The Balaban J connectivity index is 0.000000170. The van der Waals surface area contributed by atoms with Crippen LogP contribution in [-0.2, 0) is 15.0 Å². The van der Waals surface area contributed by atoms with Crippen molar-refractivity contribution in [1.82, 2.24) is 15.1 Å². The summed E-state index contributed by atoms with van der Waals surface area (Å²) >= 11 is 6.18. The number of halogens is 1. The van der Waals surface area contributed by atoms with Crippen LogP contribution >= 0.6 is 11.6 Å². The van der Waals surface area contributed by atoms with Crippen LogP contribution in [0.1, 0.15) is 37.3 Å². The molecule has 0 spiro atoms. The van der Waals surface area contributed by atoms with Gasteiger partial charge in [-0.1, -0.05) is 42.8 Å². The van der Waals surface area contributed by atoms with Gasteiger partial charge in [0.25, 0.3) is 0 Å². The maximum atomic E-state index is 12.1. The van der Waals surface area contributed by atoms with E-state index >= 15 is 0 Å². The molecule has 3 aromatic rings. The summed E-state index contributed by atoms with van der Waals surface area (Å²) in [5, 5.41) is 6.63. The molecule has 3 aliphatic heterocycles. The van der Waals surface area contributed by atoms with Crippen LogP contribution in [0.4, 0.5) is 22.7 Å². The molecule has 3 aromatic carbocycles. The number of anilines is 3. The molecule has 0 aliphatic carbocycles. The van der Waals surface area contributed by atoms with Gasteiger partial charge in [0, 0.05) is 54.6 Å². The van der Waals surface area contributed by atoms with Gasteiger partial charge in [-0.05, 0) is 67.9 Å². The first kappa shape index (κ1) is 27.7. The Morgan fingerprint density at radius 3 is 2.38 bits per heavy atom. The molecule has 8 nitrogen and oxygen atoms in total. The van der Waals surface area contributed by atoms with E-state index in [9.17, 15) is 9.59 Å². The number of hydrogen-bond donors (Lipinski definition) is 3. The molecule has 0 aromatic heterocycles. The standard InChI is InChI=1S/C18H19ClN4.C13H16N2O2/c1-22-8-10-23(11-9-22)18-14-4-2-3-5-15(14)20-16-7-6-13(19)12-17(16)21-18;1-2-13(8-7-11(16)15-12(13)17)9-3-5-10(14)6-4-9/h2-7,12,20H,8-11H2,1H3;3-6H,2,7-8,14H2,1H3,(H,15,16,17). The van der Waals surface area contributed by atoms with E-state index in [-0.39, 0.29) is 11.8 Å². The molecule has 4 N–H and O–H groups in total. The molecule has 2 saturated heterocycles. The summed E-state index contributed by atoms with van der Waals surface area (Å²) in [4.78, 5) is 33.0. The number of imide groups is 1. The number of amidine groups is 1. The van der Waals surface area contributed by atoms with E-state index in [0.29, 0.717) is 30.0 Å². The Morgan fingerprint density at radius 1 is 0.950 bits per heavy atom. The highest BCUT2D eigenvalue weighted by molar-refractivity contribution is 6.31. The van der Waals surface area contributed by atoms with Crippen molar-refractivity contribution in [3.63, 3.8) is 0 Å². The Bertz CT molecular complexity index is 1430. The minimum atomic E-state index is -0.582. The molecule has 2 fully saturated rings. The normalized spacial score (nSPS) is 20.6. The topological polar surface area (TPSA) is 103 Å². The smallest absolute Gasteiger partial charge is 0.237 e. The number of nitrogens with two attached hydrogens (primary N) is 1. The summed E-state index contributed by atoms with van der Waals surface area (Å²) in [6.07, 6.45) is 1.64. The molecule has 3 heterocycles. The van der Waals surface area contributed by atoms with Crippen molar-refractivity contribution in [2.75, 3.05) is 44.3 Å². The molecule has 0 saturated carbocycles. The summed E-state index contributed by atoms with van der Waals surface area (Å²) < 4.78 is 0. The Hall–Kier alpha value is -3.88. The molecule has 1 atom stereocenters. The molecule has 0 radical (unpaired) electrons. The third kappa shape index (κ3) is 5.69. The van der Waals surface area contributed by atoms with Crippen molar-refractivity contribution >= 4 is 52.0 Å².